The lowest BCUT2D eigenvalue weighted by molar-refractivity contribution is 0.415. The van der Waals surface area contributed by atoms with Gasteiger partial charge in [-0.25, -0.2) is 4.39 Å². The molecule has 110 valence electrons. The Hall–Kier alpha value is -2.14. The molecule has 0 heterocycles. The summed E-state index contributed by atoms with van der Waals surface area (Å²) in [7, 11) is 1.63. The zero-order chi connectivity index (χ0) is 15.1. The first-order valence-electron chi connectivity index (χ1n) is 6.61. The van der Waals surface area contributed by atoms with Crippen molar-refractivity contribution in [3.05, 3.63) is 59.9 Å². The fourth-order valence-electron chi connectivity index (χ4n) is 1.82. The number of nitrogens with one attached hydrogen (secondary N) is 2. The highest BCUT2D eigenvalue weighted by Gasteiger charge is 1.99. The smallest absolute Gasteiger partial charge is 0.170 e. The minimum absolute atomic E-state index is 0.219. The van der Waals surface area contributed by atoms with E-state index in [4.69, 9.17) is 17.0 Å². The van der Waals surface area contributed by atoms with Gasteiger partial charge in [-0.3, -0.25) is 0 Å². The van der Waals surface area contributed by atoms with Crippen molar-refractivity contribution in [1.82, 2.24) is 5.32 Å². The number of benzene rings is 2. The number of thiocarbonyl (C=S) groups is 1. The Labute approximate surface area is 129 Å². The molecule has 0 bridgehead atoms. The fourth-order valence-corrected chi connectivity index (χ4v) is 2.04. The van der Waals surface area contributed by atoms with Crippen LogP contribution in [0.15, 0.2) is 48.5 Å². The molecule has 2 rings (SSSR count). The Morgan fingerprint density at radius 2 is 1.76 bits per heavy atom. The molecule has 0 saturated heterocycles. The Balaban J connectivity index is 1.75. The summed E-state index contributed by atoms with van der Waals surface area (Å²) in [5.74, 6) is 0.583. The van der Waals surface area contributed by atoms with E-state index in [0.29, 0.717) is 11.7 Å². The Morgan fingerprint density at radius 3 is 2.38 bits per heavy atom. The largest absolute Gasteiger partial charge is 0.497 e. The van der Waals surface area contributed by atoms with Gasteiger partial charge in [-0.05, 0) is 60.6 Å². The van der Waals surface area contributed by atoms with Crippen LogP contribution in [0, 0.1) is 5.82 Å². The molecule has 0 saturated carbocycles. The lowest BCUT2D eigenvalue weighted by Crippen LogP contribution is -2.30. The molecule has 0 aromatic heterocycles. The summed E-state index contributed by atoms with van der Waals surface area (Å²) >= 11 is 5.22. The highest BCUT2D eigenvalue weighted by molar-refractivity contribution is 7.80. The van der Waals surface area contributed by atoms with E-state index in [1.54, 1.807) is 19.2 Å². The molecule has 2 aromatic rings. The van der Waals surface area contributed by atoms with Crippen molar-refractivity contribution in [3.8, 4) is 5.75 Å². The normalized spacial score (nSPS) is 10.0. The number of hydrogen-bond donors (Lipinski definition) is 2. The van der Waals surface area contributed by atoms with Crippen molar-refractivity contribution in [3.63, 3.8) is 0 Å². The highest BCUT2D eigenvalue weighted by atomic mass is 32.1. The molecular weight excluding hydrogens is 287 g/mol. The minimum Gasteiger partial charge on any atom is -0.497 e. The third-order valence-corrected chi connectivity index (χ3v) is 3.21. The molecule has 0 spiro atoms. The summed E-state index contributed by atoms with van der Waals surface area (Å²) in [5, 5.41) is 6.77. The van der Waals surface area contributed by atoms with E-state index in [-0.39, 0.29) is 5.82 Å². The molecule has 0 atom stereocenters. The van der Waals surface area contributed by atoms with Crippen LogP contribution in [-0.4, -0.2) is 18.8 Å². The van der Waals surface area contributed by atoms with Crippen LogP contribution in [0.3, 0.4) is 0 Å². The van der Waals surface area contributed by atoms with Crippen molar-refractivity contribution in [2.45, 2.75) is 6.42 Å². The summed E-state index contributed by atoms with van der Waals surface area (Å²) in [4.78, 5) is 0. The first-order valence-corrected chi connectivity index (χ1v) is 7.01. The average molecular weight is 304 g/mol. The van der Waals surface area contributed by atoms with Crippen LogP contribution in [0.25, 0.3) is 0 Å². The molecule has 0 unspecified atom stereocenters. The van der Waals surface area contributed by atoms with Crippen molar-refractivity contribution in [1.29, 1.82) is 0 Å². The summed E-state index contributed by atoms with van der Waals surface area (Å²) in [5.41, 5.74) is 1.96. The third-order valence-electron chi connectivity index (χ3n) is 2.96. The van der Waals surface area contributed by atoms with Gasteiger partial charge in [0.1, 0.15) is 11.6 Å². The Bertz CT molecular complexity index is 584. The van der Waals surface area contributed by atoms with Gasteiger partial charge in [0.05, 0.1) is 7.11 Å². The predicted molar refractivity (Wildman–Crippen MR) is 87.3 cm³/mol. The van der Waals surface area contributed by atoms with Gasteiger partial charge in [-0.2, -0.15) is 0 Å². The lowest BCUT2D eigenvalue weighted by Gasteiger charge is -2.11. The summed E-state index contributed by atoms with van der Waals surface area (Å²) in [6.45, 7) is 0.688. The molecular formula is C16H17FN2OS. The number of ether oxygens (including phenoxy) is 1. The molecule has 2 N–H and O–H groups in total. The van der Waals surface area contributed by atoms with Crippen LogP contribution < -0.4 is 15.4 Å². The maximum atomic E-state index is 12.8. The minimum atomic E-state index is -0.219. The van der Waals surface area contributed by atoms with Gasteiger partial charge in [-0.15, -0.1) is 0 Å². The monoisotopic (exact) mass is 304 g/mol. The zero-order valence-corrected chi connectivity index (χ0v) is 12.5. The van der Waals surface area contributed by atoms with Gasteiger partial charge in [0.25, 0.3) is 0 Å². The number of anilines is 1. The molecule has 0 amide bonds. The highest BCUT2D eigenvalue weighted by Crippen LogP contribution is 2.14. The van der Waals surface area contributed by atoms with Crippen LogP contribution >= 0.6 is 12.2 Å². The molecule has 2 aromatic carbocycles. The SMILES string of the molecule is COc1ccc(NC(=S)NCCc2ccc(F)cc2)cc1. The standard InChI is InChI=1S/C16H17FN2OS/c1-20-15-8-6-14(7-9-15)19-16(21)18-11-10-12-2-4-13(17)5-3-12/h2-9H,10-11H2,1H3,(H2,18,19,21). The van der Waals surface area contributed by atoms with E-state index < -0.39 is 0 Å². The number of methoxy groups -OCH3 is 1. The first kappa shape index (κ1) is 15.3. The summed E-state index contributed by atoms with van der Waals surface area (Å²) < 4.78 is 17.9. The lowest BCUT2D eigenvalue weighted by atomic mass is 10.1. The summed E-state index contributed by atoms with van der Waals surface area (Å²) in [6, 6.07) is 14.0. The van der Waals surface area contributed by atoms with E-state index in [9.17, 15) is 4.39 Å². The van der Waals surface area contributed by atoms with Crippen molar-refractivity contribution in [2.75, 3.05) is 19.0 Å². The molecule has 21 heavy (non-hydrogen) atoms. The third kappa shape index (κ3) is 5.04. The number of halogens is 1. The van der Waals surface area contributed by atoms with Gasteiger partial charge >= 0.3 is 0 Å². The molecule has 5 heteroatoms. The van der Waals surface area contributed by atoms with Crippen molar-refractivity contribution >= 4 is 23.0 Å². The van der Waals surface area contributed by atoms with Crippen molar-refractivity contribution in [2.24, 2.45) is 0 Å². The quantitative estimate of drug-likeness (QED) is 0.830. The van der Waals surface area contributed by atoms with Crippen LogP contribution in [-0.2, 0) is 6.42 Å². The average Bonchev–Trinajstić information content (AvgIpc) is 2.50. The van der Waals surface area contributed by atoms with E-state index in [1.165, 1.54) is 12.1 Å². The van der Waals surface area contributed by atoms with Gasteiger partial charge in [0, 0.05) is 12.2 Å². The van der Waals surface area contributed by atoms with E-state index in [2.05, 4.69) is 10.6 Å². The van der Waals surface area contributed by atoms with Crippen LogP contribution in [0.5, 0.6) is 5.75 Å². The number of rotatable bonds is 5. The van der Waals surface area contributed by atoms with Gasteiger partial charge in [0.15, 0.2) is 5.11 Å². The molecule has 0 aliphatic heterocycles. The Morgan fingerprint density at radius 1 is 1.10 bits per heavy atom. The second-order valence-corrected chi connectivity index (χ2v) is 4.89. The van der Waals surface area contributed by atoms with Gasteiger partial charge in [0.2, 0.25) is 0 Å². The predicted octanol–water partition coefficient (Wildman–Crippen LogP) is 3.36. The maximum absolute atomic E-state index is 12.8. The van der Waals surface area contributed by atoms with Gasteiger partial charge in [-0.1, -0.05) is 12.1 Å². The van der Waals surface area contributed by atoms with E-state index in [0.717, 1.165) is 23.4 Å². The van der Waals surface area contributed by atoms with Crippen molar-refractivity contribution < 1.29 is 9.13 Å². The summed E-state index contributed by atoms with van der Waals surface area (Å²) in [6.07, 6.45) is 0.782. The molecule has 0 aliphatic carbocycles. The first-order chi connectivity index (χ1) is 10.2. The molecule has 3 nitrogen and oxygen atoms in total. The van der Waals surface area contributed by atoms with Crippen LogP contribution in [0.4, 0.5) is 10.1 Å². The maximum Gasteiger partial charge on any atom is 0.170 e. The molecule has 0 fully saturated rings. The second-order valence-electron chi connectivity index (χ2n) is 4.49. The number of hydrogen-bond acceptors (Lipinski definition) is 2. The molecule has 0 radical (unpaired) electrons. The zero-order valence-electron chi connectivity index (χ0n) is 11.7. The molecule has 0 aliphatic rings. The topological polar surface area (TPSA) is 33.3 Å². The van der Waals surface area contributed by atoms with E-state index in [1.807, 2.05) is 24.3 Å². The Kier molecular flexibility index (Phi) is 5.51. The fraction of sp³-hybridized carbons (Fsp3) is 0.188. The second kappa shape index (κ2) is 7.59. The van der Waals surface area contributed by atoms with Crippen LogP contribution in [0.1, 0.15) is 5.56 Å². The van der Waals surface area contributed by atoms with E-state index >= 15 is 0 Å². The van der Waals surface area contributed by atoms with Gasteiger partial charge < -0.3 is 15.4 Å². The van der Waals surface area contributed by atoms with Crippen LogP contribution in [0.2, 0.25) is 0 Å².